The van der Waals surface area contributed by atoms with Gasteiger partial charge in [-0.1, -0.05) is 13.8 Å². The Bertz CT molecular complexity index is 445. The molecule has 128 valence electrons. The Morgan fingerprint density at radius 3 is 2.50 bits per heavy atom. The van der Waals surface area contributed by atoms with Crippen molar-refractivity contribution in [3.05, 3.63) is 16.1 Å². The van der Waals surface area contributed by atoms with Gasteiger partial charge < -0.3 is 15.5 Å². The molecule has 0 radical (unpaired) electrons. The molecule has 1 atom stereocenters. The number of thiazole rings is 1. The number of halogens is 1. The highest BCUT2D eigenvalue weighted by atomic mass is 127. The van der Waals surface area contributed by atoms with Gasteiger partial charge in [0, 0.05) is 30.7 Å². The van der Waals surface area contributed by atoms with Crippen LogP contribution in [0.5, 0.6) is 0 Å². The number of guanidine groups is 1. The van der Waals surface area contributed by atoms with Crippen LogP contribution in [-0.2, 0) is 6.54 Å². The van der Waals surface area contributed by atoms with Crippen LogP contribution in [0.3, 0.4) is 0 Å². The maximum Gasteiger partial charge on any atom is 0.191 e. The Morgan fingerprint density at radius 2 is 2.05 bits per heavy atom. The predicted octanol–water partition coefficient (Wildman–Crippen LogP) is 2.71. The number of nitrogens with one attached hydrogen (secondary N) is 2. The van der Waals surface area contributed by atoms with Crippen LogP contribution in [0.15, 0.2) is 11.2 Å². The Kier molecular flexibility index (Phi) is 11.0. The largest absolute Gasteiger partial charge is 0.355 e. The van der Waals surface area contributed by atoms with Crippen molar-refractivity contribution in [1.29, 1.82) is 0 Å². The molecule has 1 heterocycles. The summed E-state index contributed by atoms with van der Waals surface area (Å²) < 4.78 is 0. The lowest BCUT2D eigenvalue weighted by Crippen LogP contribution is -2.45. The molecule has 0 spiro atoms. The normalized spacial score (nSPS) is 13.2. The van der Waals surface area contributed by atoms with E-state index in [-0.39, 0.29) is 24.0 Å². The van der Waals surface area contributed by atoms with Gasteiger partial charge in [-0.3, -0.25) is 4.99 Å². The Balaban J connectivity index is 0.00000441. The van der Waals surface area contributed by atoms with E-state index in [2.05, 4.69) is 60.4 Å². The van der Waals surface area contributed by atoms with E-state index in [1.165, 1.54) is 11.3 Å². The Morgan fingerprint density at radius 1 is 1.36 bits per heavy atom. The Hall–Kier alpha value is -0.410. The fourth-order valence-electron chi connectivity index (χ4n) is 2.10. The SMILES string of the molecule is CN=C(NCc1ncc(C)s1)NCC(CC(C)C)N(C)C.I. The molecule has 22 heavy (non-hydrogen) atoms. The molecule has 0 aliphatic heterocycles. The van der Waals surface area contributed by atoms with Crippen LogP contribution in [0.2, 0.25) is 0 Å². The van der Waals surface area contributed by atoms with E-state index in [1.807, 2.05) is 6.20 Å². The molecule has 0 bridgehead atoms. The van der Waals surface area contributed by atoms with E-state index in [4.69, 9.17) is 0 Å². The van der Waals surface area contributed by atoms with E-state index in [9.17, 15) is 0 Å². The van der Waals surface area contributed by atoms with Crippen LogP contribution in [0.25, 0.3) is 0 Å². The first kappa shape index (κ1) is 21.6. The standard InChI is InChI=1S/C15H29N5S.HI/c1-11(2)7-13(20(5)6)9-18-15(16-4)19-10-14-17-8-12(3)21-14;/h8,11,13H,7,9-10H2,1-6H3,(H2,16,18,19);1H. The van der Waals surface area contributed by atoms with Crippen molar-refractivity contribution in [3.8, 4) is 0 Å². The second-order valence-corrected chi connectivity index (χ2v) is 7.24. The van der Waals surface area contributed by atoms with Crippen molar-refractivity contribution in [2.24, 2.45) is 10.9 Å². The summed E-state index contributed by atoms with van der Waals surface area (Å²) in [4.78, 5) is 12.1. The second kappa shape index (κ2) is 11.2. The molecular weight excluding hydrogens is 409 g/mol. The number of nitrogens with zero attached hydrogens (tertiary/aromatic N) is 3. The third-order valence-electron chi connectivity index (χ3n) is 3.28. The topological polar surface area (TPSA) is 52.6 Å². The minimum absolute atomic E-state index is 0. The number of aliphatic imine (C=N–C) groups is 1. The first-order valence-electron chi connectivity index (χ1n) is 7.44. The fourth-order valence-corrected chi connectivity index (χ4v) is 2.83. The summed E-state index contributed by atoms with van der Waals surface area (Å²) in [6, 6.07) is 0.505. The van der Waals surface area contributed by atoms with E-state index < -0.39 is 0 Å². The summed E-state index contributed by atoms with van der Waals surface area (Å²) in [6.45, 7) is 8.20. The quantitative estimate of drug-likeness (QED) is 0.390. The van der Waals surface area contributed by atoms with Gasteiger partial charge in [0.2, 0.25) is 0 Å². The maximum atomic E-state index is 4.35. The Labute approximate surface area is 156 Å². The molecule has 0 saturated carbocycles. The molecule has 0 fully saturated rings. The van der Waals surface area contributed by atoms with Gasteiger partial charge in [-0.25, -0.2) is 4.98 Å². The molecule has 1 aromatic heterocycles. The predicted molar refractivity (Wildman–Crippen MR) is 107 cm³/mol. The minimum atomic E-state index is 0. The summed E-state index contributed by atoms with van der Waals surface area (Å²) in [5.74, 6) is 1.52. The van der Waals surface area contributed by atoms with Gasteiger partial charge in [-0.2, -0.15) is 0 Å². The van der Waals surface area contributed by atoms with Gasteiger partial charge in [0.25, 0.3) is 0 Å². The lowest BCUT2D eigenvalue weighted by Gasteiger charge is -2.27. The van der Waals surface area contributed by atoms with E-state index in [0.29, 0.717) is 12.0 Å². The number of hydrogen-bond acceptors (Lipinski definition) is 4. The summed E-state index contributed by atoms with van der Waals surface area (Å²) in [5.41, 5.74) is 0. The monoisotopic (exact) mass is 439 g/mol. The summed E-state index contributed by atoms with van der Waals surface area (Å²) in [7, 11) is 6.06. The number of likely N-dealkylation sites (N-methyl/N-ethyl adjacent to an activating group) is 1. The summed E-state index contributed by atoms with van der Waals surface area (Å²) in [5, 5.41) is 7.81. The van der Waals surface area contributed by atoms with E-state index >= 15 is 0 Å². The van der Waals surface area contributed by atoms with Crippen LogP contribution in [-0.4, -0.2) is 49.6 Å². The molecular formula is C15H30IN5S. The van der Waals surface area contributed by atoms with Crippen LogP contribution in [0, 0.1) is 12.8 Å². The molecule has 0 aliphatic rings. The average Bonchev–Trinajstić information content (AvgIpc) is 2.82. The van der Waals surface area contributed by atoms with E-state index in [1.54, 1.807) is 18.4 Å². The van der Waals surface area contributed by atoms with Crippen molar-refractivity contribution in [3.63, 3.8) is 0 Å². The van der Waals surface area contributed by atoms with Crippen molar-refractivity contribution in [1.82, 2.24) is 20.5 Å². The van der Waals surface area contributed by atoms with Crippen LogP contribution < -0.4 is 10.6 Å². The van der Waals surface area contributed by atoms with Crippen LogP contribution >= 0.6 is 35.3 Å². The highest BCUT2D eigenvalue weighted by Crippen LogP contribution is 2.10. The van der Waals surface area contributed by atoms with Gasteiger partial charge in [0.1, 0.15) is 5.01 Å². The lowest BCUT2D eigenvalue weighted by molar-refractivity contribution is 0.254. The molecule has 0 aliphatic carbocycles. The van der Waals surface area contributed by atoms with Gasteiger partial charge in [-0.15, -0.1) is 35.3 Å². The van der Waals surface area contributed by atoms with Crippen molar-refractivity contribution in [2.75, 3.05) is 27.7 Å². The molecule has 0 amide bonds. The fraction of sp³-hybridized carbons (Fsp3) is 0.733. The molecule has 2 N–H and O–H groups in total. The van der Waals surface area contributed by atoms with Crippen molar-refractivity contribution in [2.45, 2.75) is 39.8 Å². The van der Waals surface area contributed by atoms with Crippen LogP contribution in [0.1, 0.15) is 30.2 Å². The molecule has 1 rings (SSSR count). The third kappa shape index (κ3) is 8.28. The van der Waals surface area contributed by atoms with Gasteiger partial charge >= 0.3 is 0 Å². The van der Waals surface area contributed by atoms with E-state index in [0.717, 1.165) is 24.1 Å². The molecule has 7 heteroatoms. The van der Waals surface area contributed by atoms with Gasteiger partial charge in [0.05, 0.1) is 6.54 Å². The number of aromatic nitrogens is 1. The first-order valence-corrected chi connectivity index (χ1v) is 8.26. The number of aryl methyl sites for hydroxylation is 1. The molecule has 0 saturated heterocycles. The van der Waals surface area contributed by atoms with Gasteiger partial charge in [-0.05, 0) is 33.4 Å². The molecule has 1 unspecified atom stereocenters. The molecule has 0 aromatic carbocycles. The smallest absolute Gasteiger partial charge is 0.191 e. The van der Waals surface area contributed by atoms with Gasteiger partial charge in [0.15, 0.2) is 5.96 Å². The van der Waals surface area contributed by atoms with Crippen molar-refractivity contribution >= 4 is 41.3 Å². The zero-order chi connectivity index (χ0) is 15.8. The first-order chi connectivity index (χ1) is 9.92. The summed E-state index contributed by atoms with van der Waals surface area (Å²) >= 11 is 1.71. The van der Waals surface area contributed by atoms with Crippen molar-refractivity contribution < 1.29 is 0 Å². The minimum Gasteiger partial charge on any atom is -0.355 e. The third-order valence-corrected chi connectivity index (χ3v) is 4.19. The number of hydrogen-bond donors (Lipinski definition) is 2. The maximum absolute atomic E-state index is 4.35. The lowest BCUT2D eigenvalue weighted by atomic mass is 10.0. The highest BCUT2D eigenvalue weighted by molar-refractivity contribution is 14.0. The zero-order valence-electron chi connectivity index (χ0n) is 14.5. The number of rotatable bonds is 7. The summed E-state index contributed by atoms with van der Waals surface area (Å²) in [6.07, 6.45) is 3.07. The second-order valence-electron chi connectivity index (χ2n) is 5.92. The zero-order valence-corrected chi connectivity index (χ0v) is 17.7. The molecule has 5 nitrogen and oxygen atoms in total. The van der Waals surface area contributed by atoms with Crippen LogP contribution in [0.4, 0.5) is 0 Å². The highest BCUT2D eigenvalue weighted by Gasteiger charge is 2.13. The average molecular weight is 439 g/mol. The molecule has 1 aromatic rings.